The van der Waals surface area contributed by atoms with Crippen molar-refractivity contribution in [1.82, 2.24) is 14.5 Å². The minimum Gasteiger partial charge on any atom is -0.367 e. The Morgan fingerprint density at radius 3 is 2.73 bits per heavy atom. The van der Waals surface area contributed by atoms with E-state index in [-0.39, 0.29) is 12.0 Å². The lowest BCUT2D eigenvalue weighted by Crippen LogP contribution is -2.26. The molecule has 160 valence electrons. The molecular weight excluding hydrogens is 396 g/mol. The van der Waals surface area contributed by atoms with E-state index in [1.165, 1.54) is 16.9 Å². The van der Waals surface area contributed by atoms with Crippen LogP contribution in [-0.4, -0.2) is 26.5 Å². The fourth-order valence-corrected chi connectivity index (χ4v) is 4.26. The molecule has 3 aromatic heterocycles. The van der Waals surface area contributed by atoms with Crippen molar-refractivity contribution in [3.63, 3.8) is 0 Å². The third-order valence-corrected chi connectivity index (χ3v) is 5.56. The monoisotopic (exact) mass is 426 g/mol. The highest BCUT2D eigenvalue weighted by Crippen LogP contribution is 2.29. The molecule has 3 rings (SSSR count). The predicted molar refractivity (Wildman–Crippen MR) is 121 cm³/mol. The van der Waals surface area contributed by atoms with E-state index in [0.717, 1.165) is 31.5 Å². The summed E-state index contributed by atoms with van der Waals surface area (Å²) in [5.74, 6) is -0.141. The van der Waals surface area contributed by atoms with Gasteiger partial charge in [0.2, 0.25) is 0 Å². The molecule has 0 aliphatic carbocycles. The summed E-state index contributed by atoms with van der Waals surface area (Å²) < 4.78 is 7.95. The van der Waals surface area contributed by atoms with Gasteiger partial charge in [0.15, 0.2) is 5.13 Å². The quantitative estimate of drug-likeness (QED) is 0.448. The average Bonchev–Trinajstić information content (AvgIpc) is 3.35. The minimum absolute atomic E-state index is 0.0987. The molecule has 0 unspecified atom stereocenters. The Morgan fingerprint density at radius 2 is 2.00 bits per heavy atom. The largest absolute Gasteiger partial charge is 0.367 e. The number of rotatable bonds is 10. The summed E-state index contributed by atoms with van der Waals surface area (Å²) >= 11 is 1.42. The van der Waals surface area contributed by atoms with E-state index < -0.39 is 5.60 Å². The highest BCUT2D eigenvalue weighted by molar-refractivity contribution is 7.14. The SMILES string of the molecule is CC(C)OC(C)(C)c1csc(NC(=O)c2cccn2CCCCc2ccncc2)n1. The van der Waals surface area contributed by atoms with E-state index in [0.29, 0.717) is 10.8 Å². The van der Waals surface area contributed by atoms with Gasteiger partial charge in [0.25, 0.3) is 5.91 Å². The number of ether oxygens (including phenoxy) is 1. The predicted octanol–water partition coefficient (Wildman–Crippen LogP) is 5.27. The van der Waals surface area contributed by atoms with Crippen LogP contribution in [0.1, 0.15) is 62.3 Å². The van der Waals surface area contributed by atoms with Gasteiger partial charge < -0.3 is 9.30 Å². The van der Waals surface area contributed by atoms with Crippen LogP contribution in [0.5, 0.6) is 0 Å². The molecule has 0 radical (unpaired) electrons. The molecule has 3 aromatic rings. The first-order valence-corrected chi connectivity index (χ1v) is 11.2. The number of aromatic nitrogens is 3. The summed E-state index contributed by atoms with van der Waals surface area (Å²) in [4.78, 5) is 21.4. The average molecular weight is 427 g/mol. The first-order chi connectivity index (χ1) is 14.3. The van der Waals surface area contributed by atoms with Crippen molar-refractivity contribution in [1.29, 1.82) is 0 Å². The molecule has 0 spiro atoms. The van der Waals surface area contributed by atoms with E-state index in [9.17, 15) is 4.79 Å². The van der Waals surface area contributed by atoms with Gasteiger partial charge in [-0.25, -0.2) is 4.98 Å². The van der Waals surface area contributed by atoms with Crippen LogP contribution < -0.4 is 5.32 Å². The molecule has 0 aromatic carbocycles. The molecule has 7 heteroatoms. The van der Waals surface area contributed by atoms with Gasteiger partial charge in [-0.1, -0.05) is 0 Å². The number of nitrogens with one attached hydrogen (secondary N) is 1. The number of aryl methyl sites for hydroxylation is 2. The normalized spacial score (nSPS) is 11.8. The van der Waals surface area contributed by atoms with Crippen LogP contribution in [0.2, 0.25) is 0 Å². The van der Waals surface area contributed by atoms with Crippen molar-refractivity contribution in [2.45, 2.75) is 65.2 Å². The second-order valence-corrected chi connectivity index (χ2v) is 8.93. The number of carbonyl (C=O) groups is 1. The zero-order chi connectivity index (χ0) is 21.6. The van der Waals surface area contributed by atoms with Crippen LogP contribution in [-0.2, 0) is 23.3 Å². The Morgan fingerprint density at radius 1 is 1.23 bits per heavy atom. The molecule has 0 atom stereocenters. The molecular formula is C23H30N4O2S. The second kappa shape index (κ2) is 10.00. The fourth-order valence-electron chi connectivity index (χ4n) is 3.39. The number of thiazole rings is 1. The first kappa shape index (κ1) is 22.2. The van der Waals surface area contributed by atoms with Gasteiger partial charge in [-0.05, 0) is 76.8 Å². The van der Waals surface area contributed by atoms with E-state index >= 15 is 0 Å². The standard InChI is InChI=1S/C23H30N4O2S/c1-17(2)29-23(3,4)20-16-30-22(25-20)26-21(28)19-9-7-15-27(19)14-6-5-8-18-10-12-24-13-11-18/h7,9-13,15-17H,5-6,8,14H2,1-4H3,(H,25,26,28). The molecule has 1 amide bonds. The van der Waals surface area contributed by atoms with Crippen molar-refractivity contribution in [2.75, 3.05) is 5.32 Å². The highest BCUT2D eigenvalue weighted by atomic mass is 32.1. The van der Waals surface area contributed by atoms with Crippen LogP contribution in [0.15, 0.2) is 48.2 Å². The van der Waals surface area contributed by atoms with Crippen LogP contribution in [0.4, 0.5) is 5.13 Å². The summed E-state index contributed by atoms with van der Waals surface area (Å²) in [6.07, 6.45) is 8.77. The lowest BCUT2D eigenvalue weighted by molar-refractivity contribution is -0.0623. The third-order valence-electron chi connectivity index (χ3n) is 4.80. The molecule has 0 fully saturated rings. The zero-order valence-corrected chi connectivity index (χ0v) is 18.9. The minimum atomic E-state index is -0.497. The Kier molecular flexibility index (Phi) is 7.39. The molecule has 6 nitrogen and oxygen atoms in total. The molecule has 0 saturated heterocycles. The molecule has 3 heterocycles. The van der Waals surface area contributed by atoms with Gasteiger partial charge in [-0.3, -0.25) is 15.1 Å². The Bertz CT molecular complexity index is 947. The van der Waals surface area contributed by atoms with Crippen molar-refractivity contribution in [2.24, 2.45) is 0 Å². The number of anilines is 1. The second-order valence-electron chi connectivity index (χ2n) is 8.07. The Labute approximate surface area is 182 Å². The summed E-state index contributed by atoms with van der Waals surface area (Å²) in [7, 11) is 0. The topological polar surface area (TPSA) is 69.0 Å². The molecule has 0 aliphatic heterocycles. The van der Waals surface area contributed by atoms with Crippen LogP contribution in [0.3, 0.4) is 0 Å². The van der Waals surface area contributed by atoms with Crippen LogP contribution in [0, 0.1) is 0 Å². The molecule has 0 aliphatic rings. The van der Waals surface area contributed by atoms with Gasteiger partial charge in [0, 0.05) is 30.5 Å². The summed E-state index contributed by atoms with van der Waals surface area (Å²) in [6, 6.07) is 7.85. The Balaban J connectivity index is 1.55. The van der Waals surface area contributed by atoms with Crippen molar-refractivity contribution in [3.05, 3.63) is 65.2 Å². The number of carbonyl (C=O) groups excluding carboxylic acids is 1. The van der Waals surface area contributed by atoms with Crippen molar-refractivity contribution < 1.29 is 9.53 Å². The molecule has 30 heavy (non-hydrogen) atoms. The smallest absolute Gasteiger partial charge is 0.274 e. The maximum atomic E-state index is 12.8. The highest BCUT2D eigenvalue weighted by Gasteiger charge is 2.26. The van der Waals surface area contributed by atoms with E-state index in [1.807, 2.05) is 80.5 Å². The van der Waals surface area contributed by atoms with Gasteiger partial charge >= 0.3 is 0 Å². The van der Waals surface area contributed by atoms with E-state index in [1.54, 1.807) is 0 Å². The summed E-state index contributed by atoms with van der Waals surface area (Å²) in [5, 5.41) is 5.46. The summed E-state index contributed by atoms with van der Waals surface area (Å²) in [5.41, 5.74) is 2.26. The van der Waals surface area contributed by atoms with E-state index in [4.69, 9.17) is 4.74 Å². The number of hydrogen-bond acceptors (Lipinski definition) is 5. The summed E-state index contributed by atoms with van der Waals surface area (Å²) in [6.45, 7) is 8.79. The van der Waals surface area contributed by atoms with Crippen LogP contribution in [0.25, 0.3) is 0 Å². The fraction of sp³-hybridized carbons (Fsp3) is 0.435. The molecule has 0 saturated carbocycles. The van der Waals surface area contributed by atoms with Gasteiger partial charge in [0.05, 0.1) is 11.8 Å². The number of pyridine rings is 1. The molecule has 0 bridgehead atoms. The van der Waals surface area contributed by atoms with E-state index in [2.05, 4.69) is 15.3 Å². The van der Waals surface area contributed by atoms with Crippen molar-refractivity contribution >= 4 is 22.4 Å². The van der Waals surface area contributed by atoms with Gasteiger partial charge in [-0.2, -0.15) is 0 Å². The number of nitrogens with zero attached hydrogens (tertiary/aromatic N) is 3. The van der Waals surface area contributed by atoms with Crippen LogP contribution >= 0.6 is 11.3 Å². The Hall–Kier alpha value is -2.51. The maximum Gasteiger partial charge on any atom is 0.274 e. The zero-order valence-electron chi connectivity index (χ0n) is 18.1. The first-order valence-electron chi connectivity index (χ1n) is 10.3. The van der Waals surface area contributed by atoms with Gasteiger partial charge in [0.1, 0.15) is 11.3 Å². The number of hydrogen-bond donors (Lipinski definition) is 1. The maximum absolute atomic E-state index is 12.8. The molecule has 1 N–H and O–H groups in total. The lowest BCUT2D eigenvalue weighted by atomic mass is 10.1. The van der Waals surface area contributed by atoms with Gasteiger partial charge in [-0.15, -0.1) is 11.3 Å². The van der Waals surface area contributed by atoms with Crippen molar-refractivity contribution in [3.8, 4) is 0 Å². The third kappa shape index (κ3) is 6.00. The number of amides is 1. The lowest BCUT2D eigenvalue weighted by Gasteiger charge is -2.25. The number of unbranched alkanes of at least 4 members (excludes halogenated alkanes) is 1.